The van der Waals surface area contributed by atoms with Crippen molar-refractivity contribution in [2.45, 2.75) is 12.3 Å². The molecule has 0 heterocycles. The topological polar surface area (TPSA) is 29.5 Å². The molecule has 0 bridgehead atoms. The van der Waals surface area contributed by atoms with Crippen molar-refractivity contribution < 1.29 is 27.4 Å². The summed E-state index contributed by atoms with van der Waals surface area (Å²) in [5.74, 6) is -0.783. The van der Waals surface area contributed by atoms with Crippen LogP contribution >= 0.6 is 27.5 Å². The molecule has 0 aliphatic carbocycles. The van der Waals surface area contributed by atoms with Gasteiger partial charge in [0.25, 0.3) is 0 Å². The highest BCUT2D eigenvalue weighted by atomic mass is 79.9. The second kappa shape index (κ2) is 6.18. The molecule has 0 amide bonds. The van der Waals surface area contributed by atoms with Gasteiger partial charge in [0.1, 0.15) is 18.5 Å². The number of halogens is 6. The summed E-state index contributed by atoms with van der Waals surface area (Å²) in [5.41, 5.74) is -0.217. The van der Waals surface area contributed by atoms with E-state index < -0.39 is 31.3 Å². The van der Waals surface area contributed by atoms with Gasteiger partial charge in [0, 0.05) is 10.0 Å². The normalized spacial score (nSPS) is 13.7. The maximum Gasteiger partial charge on any atom is 0.411 e. The molecule has 18 heavy (non-hydrogen) atoms. The van der Waals surface area contributed by atoms with E-state index in [0.717, 1.165) is 12.1 Å². The van der Waals surface area contributed by atoms with Gasteiger partial charge in [0.15, 0.2) is 0 Å². The predicted molar refractivity (Wildman–Crippen MR) is 60.9 cm³/mol. The van der Waals surface area contributed by atoms with Gasteiger partial charge in [-0.3, -0.25) is 0 Å². The summed E-state index contributed by atoms with van der Waals surface area (Å²) in [6.45, 7) is -2.18. The lowest BCUT2D eigenvalue weighted by molar-refractivity contribution is -0.179. The van der Waals surface area contributed by atoms with E-state index >= 15 is 0 Å². The maximum atomic E-state index is 13.4. The Kier molecular flexibility index (Phi) is 5.39. The van der Waals surface area contributed by atoms with Gasteiger partial charge in [-0.2, -0.15) is 13.2 Å². The first-order valence-corrected chi connectivity index (χ1v) is 5.85. The van der Waals surface area contributed by atoms with Crippen molar-refractivity contribution in [3.05, 3.63) is 33.0 Å². The molecule has 1 unspecified atom stereocenters. The Morgan fingerprint density at radius 1 is 1.39 bits per heavy atom. The number of aliphatic hydroxyl groups excluding tert-OH is 1. The Hall–Kier alpha value is -0.370. The lowest BCUT2D eigenvalue weighted by Crippen LogP contribution is -2.20. The molecule has 0 radical (unpaired) electrons. The van der Waals surface area contributed by atoms with Crippen molar-refractivity contribution in [2.24, 2.45) is 0 Å². The van der Waals surface area contributed by atoms with Gasteiger partial charge in [-0.25, -0.2) is 4.39 Å². The van der Waals surface area contributed by atoms with Crippen LogP contribution in [0.25, 0.3) is 0 Å². The third kappa shape index (κ3) is 4.72. The zero-order valence-corrected chi connectivity index (χ0v) is 11.1. The second-order valence-corrected chi connectivity index (χ2v) is 4.70. The fourth-order valence-electron chi connectivity index (χ4n) is 1.17. The molecule has 0 fully saturated rings. The van der Waals surface area contributed by atoms with E-state index in [9.17, 15) is 22.7 Å². The minimum absolute atomic E-state index is 0.140. The summed E-state index contributed by atoms with van der Waals surface area (Å²) in [6.07, 6.45) is -6.01. The summed E-state index contributed by atoms with van der Waals surface area (Å²) in [6, 6.07) is 2.15. The van der Waals surface area contributed by atoms with Gasteiger partial charge in [-0.1, -0.05) is 11.6 Å². The van der Waals surface area contributed by atoms with Crippen LogP contribution in [0, 0.1) is 5.82 Å². The third-order valence-corrected chi connectivity index (χ3v) is 3.14. The van der Waals surface area contributed by atoms with Gasteiger partial charge in [0.2, 0.25) is 0 Å². The summed E-state index contributed by atoms with van der Waals surface area (Å²) >= 11 is 8.67. The lowest BCUT2D eigenvalue weighted by atomic mass is 10.1. The van der Waals surface area contributed by atoms with E-state index in [0.29, 0.717) is 0 Å². The molecular weight excluding hydrogens is 343 g/mol. The molecule has 2 nitrogen and oxygen atoms in total. The highest BCUT2D eigenvalue weighted by molar-refractivity contribution is 9.10. The van der Waals surface area contributed by atoms with E-state index in [1.807, 2.05) is 0 Å². The Morgan fingerprint density at radius 2 is 2.00 bits per heavy atom. The van der Waals surface area contributed by atoms with Crippen molar-refractivity contribution in [1.82, 2.24) is 0 Å². The summed E-state index contributed by atoms with van der Waals surface area (Å²) in [4.78, 5) is 0. The number of hydrogen-bond acceptors (Lipinski definition) is 2. The first-order chi connectivity index (χ1) is 8.20. The molecule has 0 spiro atoms. The quantitative estimate of drug-likeness (QED) is 0.659. The lowest BCUT2D eigenvalue weighted by Gasteiger charge is -2.14. The summed E-state index contributed by atoms with van der Waals surface area (Å²) in [5, 5.41) is 9.65. The number of aliphatic hydroxyl groups is 1. The number of rotatable bonds is 4. The Balaban J connectivity index is 2.67. The van der Waals surface area contributed by atoms with Crippen LogP contribution in [0.2, 0.25) is 5.02 Å². The zero-order chi connectivity index (χ0) is 13.9. The third-order valence-electron chi connectivity index (χ3n) is 1.94. The van der Waals surface area contributed by atoms with Gasteiger partial charge < -0.3 is 9.84 Å². The Morgan fingerprint density at radius 3 is 2.56 bits per heavy atom. The molecule has 1 aromatic rings. The van der Waals surface area contributed by atoms with Crippen molar-refractivity contribution in [3.8, 4) is 0 Å². The van der Waals surface area contributed by atoms with Crippen molar-refractivity contribution in [2.75, 3.05) is 13.2 Å². The molecule has 1 rings (SSSR count). The summed E-state index contributed by atoms with van der Waals surface area (Å²) in [7, 11) is 0. The van der Waals surface area contributed by atoms with E-state index in [1.54, 1.807) is 0 Å². The molecule has 0 aliphatic heterocycles. The van der Waals surface area contributed by atoms with Crippen LogP contribution in [0.5, 0.6) is 0 Å². The van der Waals surface area contributed by atoms with Gasteiger partial charge >= 0.3 is 6.18 Å². The van der Waals surface area contributed by atoms with E-state index in [-0.39, 0.29) is 15.1 Å². The molecule has 0 aromatic heterocycles. The molecule has 0 saturated heterocycles. The number of benzene rings is 1. The Labute approximate surface area is 114 Å². The van der Waals surface area contributed by atoms with E-state index in [2.05, 4.69) is 20.7 Å². The monoisotopic (exact) mass is 350 g/mol. The predicted octanol–water partition coefficient (Wildman–Crippen LogP) is 3.85. The highest BCUT2D eigenvalue weighted by Gasteiger charge is 2.28. The van der Waals surface area contributed by atoms with E-state index in [1.165, 1.54) is 0 Å². The van der Waals surface area contributed by atoms with Gasteiger partial charge in [0.05, 0.1) is 11.6 Å². The van der Waals surface area contributed by atoms with Crippen LogP contribution in [-0.4, -0.2) is 24.5 Å². The second-order valence-electron chi connectivity index (χ2n) is 3.43. The molecule has 8 heteroatoms. The van der Waals surface area contributed by atoms with Gasteiger partial charge in [-0.05, 0) is 28.1 Å². The average molecular weight is 352 g/mol. The number of ether oxygens (including phenoxy) is 1. The van der Waals surface area contributed by atoms with Crippen molar-refractivity contribution >= 4 is 27.5 Å². The van der Waals surface area contributed by atoms with Crippen molar-refractivity contribution in [1.29, 1.82) is 0 Å². The minimum Gasteiger partial charge on any atom is -0.386 e. The molecule has 1 N–H and O–H groups in total. The molecule has 1 aromatic carbocycles. The van der Waals surface area contributed by atoms with E-state index in [4.69, 9.17) is 11.6 Å². The smallest absolute Gasteiger partial charge is 0.386 e. The standard InChI is InChI=1S/C10H8BrClF4O2/c11-6-2-8(13)5(1-7(6)12)9(17)3-18-4-10(14,15)16/h1-2,9,17H,3-4H2. The maximum absolute atomic E-state index is 13.4. The van der Waals surface area contributed by atoms with Crippen molar-refractivity contribution in [3.63, 3.8) is 0 Å². The SMILES string of the molecule is OC(COCC(F)(F)F)c1cc(Cl)c(Br)cc1F. The minimum atomic E-state index is -4.49. The van der Waals surface area contributed by atoms with Crippen LogP contribution < -0.4 is 0 Å². The Bertz CT molecular complexity index is 425. The molecule has 1 atom stereocenters. The molecule has 0 saturated carbocycles. The number of hydrogen-bond donors (Lipinski definition) is 1. The fourth-order valence-corrected chi connectivity index (χ4v) is 1.66. The average Bonchev–Trinajstić information content (AvgIpc) is 2.21. The summed E-state index contributed by atoms with van der Waals surface area (Å²) < 4.78 is 53.3. The van der Waals surface area contributed by atoms with Crippen LogP contribution in [0.4, 0.5) is 17.6 Å². The molecule has 0 aliphatic rings. The molecule has 102 valence electrons. The molecular formula is C10H8BrClF4O2. The first kappa shape index (κ1) is 15.7. The number of alkyl halides is 3. The highest BCUT2D eigenvalue weighted by Crippen LogP contribution is 2.29. The fraction of sp³-hybridized carbons (Fsp3) is 0.400. The van der Waals surface area contributed by atoms with Crippen LogP contribution in [0.3, 0.4) is 0 Å². The van der Waals surface area contributed by atoms with Crippen LogP contribution in [0.15, 0.2) is 16.6 Å². The van der Waals surface area contributed by atoms with Gasteiger partial charge in [-0.15, -0.1) is 0 Å². The van der Waals surface area contributed by atoms with Crippen LogP contribution in [-0.2, 0) is 4.74 Å². The zero-order valence-electron chi connectivity index (χ0n) is 8.77. The first-order valence-electron chi connectivity index (χ1n) is 4.67. The largest absolute Gasteiger partial charge is 0.411 e. The van der Waals surface area contributed by atoms with Crippen LogP contribution in [0.1, 0.15) is 11.7 Å².